The van der Waals surface area contributed by atoms with Crippen LogP contribution in [0, 0.1) is 5.82 Å². The monoisotopic (exact) mass is 852 g/mol. The summed E-state index contributed by atoms with van der Waals surface area (Å²) >= 11 is 6.86. The van der Waals surface area contributed by atoms with Gasteiger partial charge >= 0.3 is 0 Å². The van der Waals surface area contributed by atoms with Gasteiger partial charge in [0, 0.05) is 48.8 Å². The van der Waals surface area contributed by atoms with Crippen molar-refractivity contribution in [3.05, 3.63) is 112 Å². The molecule has 0 amide bonds. The Bertz CT molecular complexity index is 2500. The molecule has 3 atom stereocenters. The van der Waals surface area contributed by atoms with Crippen LogP contribution in [0.1, 0.15) is 60.9 Å². The van der Waals surface area contributed by atoms with Crippen molar-refractivity contribution in [2.24, 2.45) is 0 Å². The second kappa shape index (κ2) is 17.6. The second-order valence-corrected chi connectivity index (χ2v) is 16.7. The van der Waals surface area contributed by atoms with Crippen molar-refractivity contribution in [3.8, 4) is 34.4 Å². The smallest absolute Gasteiger partial charge is 0.227 e. The second-order valence-electron chi connectivity index (χ2n) is 15.0. The summed E-state index contributed by atoms with van der Waals surface area (Å²) in [6, 6.07) is 22.6. The molecule has 0 spiro atoms. The first kappa shape index (κ1) is 41.2. The predicted octanol–water partition coefficient (Wildman–Crippen LogP) is 9.05. The van der Waals surface area contributed by atoms with Crippen molar-refractivity contribution in [2.45, 2.75) is 62.9 Å². The Morgan fingerprint density at radius 3 is 2.22 bits per heavy atom. The Labute approximate surface area is 356 Å². The van der Waals surface area contributed by atoms with Crippen LogP contribution in [0.4, 0.5) is 16.0 Å². The molecule has 1 fully saturated rings. The van der Waals surface area contributed by atoms with Gasteiger partial charge in [0.1, 0.15) is 52.1 Å². The van der Waals surface area contributed by atoms with E-state index < -0.39 is 22.7 Å². The van der Waals surface area contributed by atoms with Gasteiger partial charge < -0.3 is 33.5 Å². The summed E-state index contributed by atoms with van der Waals surface area (Å²) in [6.45, 7) is 5.31. The minimum Gasteiger partial charge on any atom is -0.497 e. The van der Waals surface area contributed by atoms with Crippen molar-refractivity contribution in [1.82, 2.24) is 19.9 Å². The summed E-state index contributed by atoms with van der Waals surface area (Å²) in [5, 5.41) is 0.712. The third-order valence-electron chi connectivity index (χ3n) is 10.9. The van der Waals surface area contributed by atoms with Crippen LogP contribution in [0.3, 0.4) is 0 Å². The largest absolute Gasteiger partial charge is 0.497 e. The zero-order valence-electron chi connectivity index (χ0n) is 34.3. The third-order valence-corrected chi connectivity index (χ3v) is 11.9. The molecule has 1 aliphatic carbocycles. The zero-order chi connectivity index (χ0) is 42.1. The van der Waals surface area contributed by atoms with Gasteiger partial charge in [0.25, 0.3) is 0 Å². The molecule has 1 aliphatic heterocycles. The van der Waals surface area contributed by atoms with Gasteiger partial charge in [0.15, 0.2) is 12.6 Å². The molecule has 0 bridgehead atoms. The van der Waals surface area contributed by atoms with E-state index >= 15 is 4.39 Å². The van der Waals surface area contributed by atoms with Crippen LogP contribution in [-0.4, -0.2) is 71.2 Å². The lowest BCUT2D eigenvalue weighted by atomic mass is 9.98. The Morgan fingerprint density at radius 1 is 0.950 bits per heavy atom. The number of benzene rings is 3. The molecular weight excluding hydrogens is 807 g/mol. The van der Waals surface area contributed by atoms with Gasteiger partial charge in [0.05, 0.1) is 37.1 Å². The lowest BCUT2D eigenvalue weighted by Gasteiger charge is -2.37. The van der Waals surface area contributed by atoms with Crippen LogP contribution >= 0.6 is 11.6 Å². The third kappa shape index (κ3) is 8.28. The zero-order valence-corrected chi connectivity index (χ0v) is 35.8. The molecule has 3 aromatic carbocycles. The Morgan fingerprint density at radius 2 is 1.62 bits per heavy atom. The molecule has 2 unspecified atom stereocenters. The van der Waals surface area contributed by atoms with Crippen molar-refractivity contribution < 1.29 is 32.3 Å². The van der Waals surface area contributed by atoms with E-state index in [0.29, 0.717) is 35.2 Å². The van der Waals surface area contributed by atoms with E-state index in [-0.39, 0.29) is 53.0 Å². The lowest BCUT2D eigenvalue weighted by Crippen LogP contribution is -2.40. The van der Waals surface area contributed by atoms with E-state index in [9.17, 15) is 4.21 Å². The van der Waals surface area contributed by atoms with E-state index in [0.717, 1.165) is 52.4 Å². The summed E-state index contributed by atoms with van der Waals surface area (Å²) in [7, 11) is 3.14. The highest BCUT2D eigenvalue weighted by Crippen LogP contribution is 2.51. The molecule has 4 heterocycles. The number of pyridine rings is 2. The molecule has 0 N–H and O–H groups in total. The van der Waals surface area contributed by atoms with E-state index in [4.69, 9.17) is 50.2 Å². The van der Waals surface area contributed by atoms with Crippen molar-refractivity contribution in [3.63, 3.8) is 0 Å². The Kier molecular flexibility index (Phi) is 12.1. The number of aromatic nitrogens is 4. The van der Waals surface area contributed by atoms with Crippen LogP contribution in [0.2, 0.25) is 5.02 Å². The maximum atomic E-state index is 17.4. The molecule has 0 radical (unpaired) electrons. The van der Waals surface area contributed by atoms with Gasteiger partial charge in [-0.1, -0.05) is 41.9 Å². The van der Waals surface area contributed by atoms with Crippen LogP contribution in [0.5, 0.6) is 23.1 Å². The van der Waals surface area contributed by atoms with Crippen LogP contribution in [-0.2, 0) is 28.6 Å². The molecule has 3 aromatic heterocycles. The van der Waals surface area contributed by atoms with Gasteiger partial charge in [-0.25, -0.2) is 24.3 Å². The highest BCUT2D eigenvalue weighted by molar-refractivity contribution is 7.84. The summed E-state index contributed by atoms with van der Waals surface area (Å²) in [6.07, 6.45) is 5.08. The van der Waals surface area contributed by atoms with E-state index in [1.807, 2.05) is 67.6 Å². The molecule has 312 valence electrons. The quantitative estimate of drug-likeness (QED) is 0.0724. The summed E-state index contributed by atoms with van der Waals surface area (Å²) < 4.78 is 58.9. The fourth-order valence-corrected chi connectivity index (χ4v) is 8.60. The fraction of sp³-hybridized carbons (Fsp3) is 0.333. The Hall–Kier alpha value is -5.57. The average Bonchev–Trinajstić information content (AvgIpc) is 4.12. The average molecular weight is 853 g/mol. The summed E-state index contributed by atoms with van der Waals surface area (Å²) in [5.41, 5.74) is 4.23. The first-order chi connectivity index (χ1) is 29.1. The fourth-order valence-electron chi connectivity index (χ4n) is 7.80. The molecule has 60 heavy (non-hydrogen) atoms. The van der Waals surface area contributed by atoms with Crippen LogP contribution in [0.15, 0.2) is 84.1 Å². The van der Waals surface area contributed by atoms with E-state index in [2.05, 4.69) is 21.7 Å². The molecule has 1 saturated carbocycles. The molecule has 15 heteroatoms. The standard InChI is InChI=1S/C45H46ClFN6O6S/c1-26-24-58-44-38-41(39(47)40(49-44)35-20-33(59-25-55-3)21-36(46)37(35)30-13-14-30)50-45(60(6)54)51-43(38)53(26)27(2)34-8-7-19-48-42(34)52(22-28-9-15-31(56-4)16-10-28)23-29-11-17-32(57-5)18-12-29/h7-12,15-21,26-27,30H,13-14,22-25H2,1-6H3/t26-,27?,60?/m0/s1. The molecule has 6 aromatic rings. The van der Waals surface area contributed by atoms with Crippen molar-refractivity contribution in [1.29, 1.82) is 0 Å². The first-order valence-electron chi connectivity index (χ1n) is 19.7. The Balaban J connectivity index is 1.26. The maximum Gasteiger partial charge on any atom is 0.227 e. The number of hydrogen-bond acceptors (Lipinski definition) is 12. The van der Waals surface area contributed by atoms with E-state index in [1.54, 1.807) is 32.5 Å². The van der Waals surface area contributed by atoms with Crippen LogP contribution < -0.4 is 28.7 Å². The highest BCUT2D eigenvalue weighted by Gasteiger charge is 2.37. The van der Waals surface area contributed by atoms with Crippen molar-refractivity contribution in [2.75, 3.05) is 50.8 Å². The normalized spacial score (nSPS) is 15.9. The number of halogens is 2. The lowest BCUT2D eigenvalue weighted by molar-refractivity contribution is 0.0511. The van der Waals surface area contributed by atoms with Crippen molar-refractivity contribution >= 4 is 44.9 Å². The number of ether oxygens (including phenoxy) is 5. The van der Waals surface area contributed by atoms with Gasteiger partial charge in [-0.2, -0.15) is 0 Å². The van der Waals surface area contributed by atoms with Crippen LogP contribution in [0.25, 0.3) is 22.2 Å². The van der Waals surface area contributed by atoms with Gasteiger partial charge in [-0.05, 0) is 91.8 Å². The minimum atomic E-state index is -1.67. The molecule has 0 saturated heterocycles. The molecule has 2 aliphatic rings. The number of rotatable bonds is 15. The SMILES string of the molecule is COCOc1cc(Cl)c(C2CC2)c(-c2nc3c4c(nc(S(C)=O)nc4c2F)N(C(C)c2cccnc2N(Cc2ccc(OC)cc2)Cc2ccc(OC)cc2)[C@@H](C)CO3)c1. The highest BCUT2D eigenvalue weighted by atomic mass is 35.5. The molecule has 8 rings (SSSR count). The summed E-state index contributed by atoms with van der Waals surface area (Å²) in [5.74, 6) is 2.65. The predicted molar refractivity (Wildman–Crippen MR) is 231 cm³/mol. The topological polar surface area (TPSA) is 121 Å². The maximum absolute atomic E-state index is 17.4. The number of nitrogens with zero attached hydrogens (tertiary/aromatic N) is 6. The molecule has 12 nitrogen and oxygen atoms in total. The van der Waals surface area contributed by atoms with Gasteiger partial charge in [0.2, 0.25) is 11.0 Å². The molecular formula is C45H46ClFN6O6S. The first-order valence-corrected chi connectivity index (χ1v) is 21.6. The summed E-state index contributed by atoms with van der Waals surface area (Å²) in [4.78, 5) is 23.6. The van der Waals surface area contributed by atoms with Gasteiger partial charge in [-0.15, -0.1) is 0 Å². The minimum absolute atomic E-state index is 0.0121. The van der Waals surface area contributed by atoms with E-state index in [1.165, 1.54) is 13.4 Å². The van der Waals surface area contributed by atoms with Gasteiger partial charge in [-0.3, -0.25) is 4.21 Å². The number of methoxy groups -OCH3 is 3. The number of anilines is 2. The number of hydrogen-bond donors (Lipinski definition) is 0.